The first-order chi connectivity index (χ1) is 8.41. The van der Waals surface area contributed by atoms with Crippen molar-refractivity contribution in [2.45, 2.75) is 26.2 Å². The number of halogens is 1. The second-order valence-corrected chi connectivity index (χ2v) is 5.60. The van der Waals surface area contributed by atoms with Crippen molar-refractivity contribution in [2.75, 3.05) is 7.11 Å². The van der Waals surface area contributed by atoms with E-state index in [1.807, 2.05) is 30.3 Å². The van der Waals surface area contributed by atoms with Crippen LogP contribution in [0.4, 0.5) is 0 Å². The van der Waals surface area contributed by atoms with Crippen molar-refractivity contribution in [3.05, 3.63) is 41.2 Å². The lowest BCUT2D eigenvalue weighted by molar-refractivity contribution is 0.414. The number of hydrogen-bond acceptors (Lipinski definition) is 2. The molecule has 0 bridgehead atoms. The van der Waals surface area contributed by atoms with Crippen LogP contribution in [-0.4, -0.2) is 16.9 Å². The molecule has 0 unspecified atom stereocenters. The molecule has 96 valence electrons. The van der Waals surface area contributed by atoms with Gasteiger partial charge in [0.1, 0.15) is 10.9 Å². The summed E-state index contributed by atoms with van der Waals surface area (Å²) in [6, 6.07) is 9.56. The van der Waals surface area contributed by atoms with Gasteiger partial charge in [0, 0.05) is 5.41 Å². The van der Waals surface area contributed by atoms with Crippen molar-refractivity contribution in [3.8, 4) is 11.4 Å². The second kappa shape index (κ2) is 4.65. The zero-order chi connectivity index (χ0) is 13.3. The molecule has 3 nitrogen and oxygen atoms in total. The summed E-state index contributed by atoms with van der Waals surface area (Å²) in [5.41, 5.74) is 1.89. The van der Waals surface area contributed by atoms with Crippen molar-refractivity contribution in [1.29, 1.82) is 0 Å². The molecule has 0 saturated carbocycles. The van der Waals surface area contributed by atoms with E-state index >= 15 is 0 Å². The number of aromatic nitrogens is 2. The Bertz CT molecular complexity index is 538. The van der Waals surface area contributed by atoms with Crippen LogP contribution in [-0.2, 0) is 5.41 Å². The van der Waals surface area contributed by atoms with Crippen LogP contribution < -0.4 is 4.74 Å². The molecule has 0 radical (unpaired) electrons. The van der Waals surface area contributed by atoms with E-state index in [1.165, 1.54) is 0 Å². The van der Waals surface area contributed by atoms with Crippen molar-refractivity contribution in [2.24, 2.45) is 0 Å². The SMILES string of the molecule is COc1ccc(-n2nc(C(C)(C)C)cc2Cl)cc1. The smallest absolute Gasteiger partial charge is 0.133 e. The molecule has 0 aliphatic heterocycles. The first-order valence-corrected chi connectivity index (χ1v) is 6.20. The zero-order valence-electron chi connectivity index (χ0n) is 11.1. The highest BCUT2D eigenvalue weighted by atomic mass is 35.5. The minimum atomic E-state index is -0.0125. The molecule has 1 heterocycles. The van der Waals surface area contributed by atoms with Gasteiger partial charge in [-0.2, -0.15) is 5.10 Å². The van der Waals surface area contributed by atoms with E-state index in [0.29, 0.717) is 5.15 Å². The molecule has 0 aliphatic rings. The zero-order valence-corrected chi connectivity index (χ0v) is 11.8. The normalized spacial score (nSPS) is 11.6. The Labute approximate surface area is 112 Å². The molecule has 2 aromatic rings. The average Bonchev–Trinajstić information content (AvgIpc) is 2.71. The molecule has 0 N–H and O–H groups in total. The predicted molar refractivity (Wildman–Crippen MR) is 73.8 cm³/mol. The molecular weight excluding hydrogens is 248 g/mol. The lowest BCUT2D eigenvalue weighted by Crippen LogP contribution is -2.12. The summed E-state index contributed by atoms with van der Waals surface area (Å²) in [5.74, 6) is 0.818. The van der Waals surface area contributed by atoms with Gasteiger partial charge in [-0.25, -0.2) is 4.68 Å². The Kier molecular flexibility index (Phi) is 3.35. The lowest BCUT2D eigenvalue weighted by Gasteiger charge is -2.14. The van der Waals surface area contributed by atoms with E-state index in [2.05, 4.69) is 25.9 Å². The predicted octanol–water partition coefficient (Wildman–Crippen LogP) is 3.83. The minimum Gasteiger partial charge on any atom is -0.497 e. The topological polar surface area (TPSA) is 27.1 Å². The van der Waals surface area contributed by atoms with Gasteiger partial charge in [-0.3, -0.25) is 0 Å². The molecule has 0 fully saturated rings. The summed E-state index contributed by atoms with van der Waals surface area (Å²) < 4.78 is 6.87. The summed E-state index contributed by atoms with van der Waals surface area (Å²) in [7, 11) is 1.65. The number of benzene rings is 1. The standard InChI is InChI=1S/C14H17ClN2O/c1-14(2,3)12-9-13(15)17(16-12)10-5-7-11(18-4)8-6-10/h5-9H,1-4H3. The molecule has 0 spiro atoms. The van der Waals surface area contributed by atoms with Gasteiger partial charge in [-0.05, 0) is 30.3 Å². The van der Waals surface area contributed by atoms with Gasteiger partial charge in [0.15, 0.2) is 0 Å². The van der Waals surface area contributed by atoms with Crippen LogP contribution in [0.5, 0.6) is 5.75 Å². The molecule has 1 aromatic heterocycles. The Hall–Kier alpha value is -1.48. The maximum absolute atomic E-state index is 6.23. The van der Waals surface area contributed by atoms with Crippen LogP contribution >= 0.6 is 11.6 Å². The molecular formula is C14H17ClN2O. The van der Waals surface area contributed by atoms with Gasteiger partial charge in [0.25, 0.3) is 0 Å². The Morgan fingerprint density at radius 2 is 1.78 bits per heavy atom. The van der Waals surface area contributed by atoms with E-state index in [0.717, 1.165) is 17.1 Å². The third-order valence-corrected chi connectivity index (χ3v) is 3.02. The molecule has 2 rings (SSSR count). The molecule has 1 aromatic carbocycles. The van der Waals surface area contributed by atoms with E-state index < -0.39 is 0 Å². The van der Waals surface area contributed by atoms with E-state index in [9.17, 15) is 0 Å². The van der Waals surface area contributed by atoms with Crippen molar-refractivity contribution in [3.63, 3.8) is 0 Å². The summed E-state index contributed by atoms with van der Waals surface area (Å²) >= 11 is 6.23. The van der Waals surface area contributed by atoms with Gasteiger partial charge in [0.2, 0.25) is 0 Å². The number of rotatable bonds is 2. The molecule has 0 saturated heterocycles. The third-order valence-electron chi connectivity index (χ3n) is 2.75. The number of hydrogen-bond donors (Lipinski definition) is 0. The Morgan fingerprint density at radius 1 is 1.17 bits per heavy atom. The molecule has 4 heteroatoms. The summed E-state index contributed by atoms with van der Waals surface area (Å²) in [6.45, 7) is 6.35. The van der Waals surface area contributed by atoms with Crippen LogP contribution in [0, 0.1) is 0 Å². The molecule has 0 amide bonds. The van der Waals surface area contributed by atoms with Crippen LogP contribution in [0.15, 0.2) is 30.3 Å². The van der Waals surface area contributed by atoms with Crippen molar-refractivity contribution in [1.82, 2.24) is 9.78 Å². The molecule has 18 heavy (non-hydrogen) atoms. The van der Waals surface area contributed by atoms with Gasteiger partial charge < -0.3 is 4.74 Å². The van der Waals surface area contributed by atoms with Gasteiger partial charge in [-0.1, -0.05) is 32.4 Å². The van der Waals surface area contributed by atoms with Crippen LogP contribution in [0.2, 0.25) is 5.15 Å². The largest absolute Gasteiger partial charge is 0.497 e. The summed E-state index contributed by atoms with van der Waals surface area (Å²) in [6.07, 6.45) is 0. The number of ether oxygens (including phenoxy) is 1. The first-order valence-electron chi connectivity index (χ1n) is 5.82. The first kappa shape index (κ1) is 13.0. The van der Waals surface area contributed by atoms with Crippen LogP contribution in [0.3, 0.4) is 0 Å². The average molecular weight is 265 g/mol. The quantitative estimate of drug-likeness (QED) is 0.824. The fourth-order valence-corrected chi connectivity index (χ4v) is 1.87. The highest BCUT2D eigenvalue weighted by Gasteiger charge is 2.19. The third kappa shape index (κ3) is 2.51. The van der Waals surface area contributed by atoms with E-state index in [1.54, 1.807) is 11.8 Å². The van der Waals surface area contributed by atoms with E-state index in [-0.39, 0.29) is 5.41 Å². The van der Waals surface area contributed by atoms with Crippen molar-refractivity contribution < 1.29 is 4.74 Å². The van der Waals surface area contributed by atoms with Gasteiger partial charge >= 0.3 is 0 Å². The number of nitrogens with zero attached hydrogens (tertiary/aromatic N) is 2. The second-order valence-electron chi connectivity index (χ2n) is 5.21. The lowest BCUT2D eigenvalue weighted by atomic mass is 9.93. The minimum absolute atomic E-state index is 0.0125. The monoisotopic (exact) mass is 264 g/mol. The maximum Gasteiger partial charge on any atom is 0.133 e. The summed E-state index contributed by atoms with van der Waals surface area (Å²) in [4.78, 5) is 0. The molecule has 0 atom stereocenters. The van der Waals surface area contributed by atoms with Gasteiger partial charge in [0.05, 0.1) is 18.5 Å². The Balaban J connectivity index is 2.41. The number of methoxy groups -OCH3 is 1. The van der Waals surface area contributed by atoms with Crippen LogP contribution in [0.25, 0.3) is 5.69 Å². The molecule has 0 aliphatic carbocycles. The van der Waals surface area contributed by atoms with Gasteiger partial charge in [-0.15, -0.1) is 0 Å². The highest BCUT2D eigenvalue weighted by molar-refractivity contribution is 6.29. The fraction of sp³-hybridized carbons (Fsp3) is 0.357. The van der Waals surface area contributed by atoms with Crippen molar-refractivity contribution >= 4 is 11.6 Å². The Morgan fingerprint density at radius 3 is 2.22 bits per heavy atom. The van der Waals surface area contributed by atoms with Crippen LogP contribution in [0.1, 0.15) is 26.5 Å². The maximum atomic E-state index is 6.23. The van der Waals surface area contributed by atoms with E-state index in [4.69, 9.17) is 16.3 Å². The fourth-order valence-electron chi connectivity index (χ4n) is 1.63. The highest BCUT2D eigenvalue weighted by Crippen LogP contribution is 2.26. The summed E-state index contributed by atoms with van der Waals surface area (Å²) in [5, 5.41) is 5.17.